The van der Waals surface area contributed by atoms with Gasteiger partial charge in [-0.25, -0.2) is 4.39 Å². The lowest BCUT2D eigenvalue weighted by atomic mass is 10.0. The van der Waals surface area contributed by atoms with Crippen molar-refractivity contribution < 1.29 is 22.3 Å². The first-order valence-electron chi connectivity index (χ1n) is 5.99. The number of alkyl halides is 3. The van der Waals surface area contributed by atoms with Gasteiger partial charge < -0.3 is 10.5 Å². The van der Waals surface area contributed by atoms with Crippen LogP contribution in [0.2, 0.25) is 0 Å². The highest BCUT2D eigenvalue weighted by atomic mass is 19.4. The Morgan fingerprint density at radius 1 is 1.21 bits per heavy atom. The molecule has 2 N–H and O–H groups in total. The normalized spacial score (nSPS) is 17.0. The van der Waals surface area contributed by atoms with Crippen LogP contribution in [-0.4, -0.2) is 18.3 Å². The van der Waals surface area contributed by atoms with Crippen molar-refractivity contribution >= 4 is 0 Å². The van der Waals surface area contributed by atoms with Gasteiger partial charge in [-0.05, 0) is 31.0 Å². The Kier molecular flexibility index (Phi) is 5.31. The molecule has 6 heteroatoms. The lowest BCUT2D eigenvalue weighted by Crippen LogP contribution is -2.37. The van der Waals surface area contributed by atoms with Gasteiger partial charge in [0.15, 0.2) is 6.10 Å². The molecule has 3 unspecified atom stereocenters. The standard InChI is InChI=1S/C13H17F4NO/c1-3-11(18)12(19-8(2)13(15,16)17)9-4-6-10(14)7-5-9/h4-8,11-12H,3,18H2,1-2H3. The van der Waals surface area contributed by atoms with Gasteiger partial charge in [0.1, 0.15) is 5.82 Å². The summed E-state index contributed by atoms with van der Waals surface area (Å²) in [7, 11) is 0. The molecular weight excluding hydrogens is 262 g/mol. The summed E-state index contributed by atoms with van der Waals surface area (Å²) >= 11 is 0. The smallest absolute Gasteiger partial charge is 0.360 e. The summed E-state index contributed by atoms with van der Waals surface area (Å²) in [5.41, 5.74) is 6.23. The first kappa shape index (κ1) is 15.9. The molecule has 0 bridgehead atoms. The topological polar surface area (TPSA) is 35.2 Å². The maximum atomic E-state index is 12.8. The minimum Gasteiger partial charge on any atom is -0.360 e. The van der Waals surface area contributed by atoms with Gasteiger partial charge in [-0.2, -0.15) is 13.2 Å². The summed E-state index contributed by atoms with van der Waals surface area (Å²) in [4.78, 5) is 0. The number of halogens is 4. The van der Waals surface area contributed by atoms with Gasteiger partial charge in [0.2, 0.25) is 0 Å². The van der Waals surface area contributed by atoms with E-state index in [0.29, 0.717) is 12.0 Å². The molecule has 0 fully saturated rings. The third kappa shape index (κ3) is 4.47. The molecule has 0 heterocycles. The quantitative estimate of drug-likeness (QED) is 0.836. The Labute approximate surface area is 109 Å². The molecule has 0 aliphatic heterocycles. The molecule has 1 aromatic carbocycles. The number of nitrogens with two attached hydrogens (primary N) is 1. The fraction of sp³-hybridized carbons (Fsp3) is 0.538. The van der Waals surface area contributed by atoms with Crippen molar-refractivity contribution in [1.82, 2.24) is 0 Å². The van der Waals surface area contributed by atoms with Crippen LogP contribution in [0.4, 0.5) is 17.6 Å². The van der Waals surface area contributed by atoms with E-state index in [2.05, 4.69) is 0 Å². The molecule has 1 aromatic rings. The first-order valence-corrected chi connectivity index (χ1v) is 5.99. The summed E-state index contributed by atoms with van der Waals surface area (Å²) in [6.45, 7) is 2.68. The lowest BCUT2D eigenvalue weighted by Gasteiger charge is -2.28. The largest absolute Gasteiger partial charge is 0.414 e. The molecule has 108 valence electrons. The van der Waals surface area contributed by atoms with Crippen molar-refractivity contribution in [2.24, 2.45) is 5.73 Å². The second kappa shape index (κ2) is 6.34. The van der Waals surface area contributed by atoms with Crippen LogP contribution >= 0.6 is 0 Å². The molecule has 0 amide bonds. The fourth-order valence-electron chi connectivity index (χ4n) is 1.59. The van der Waals surface area contributed by atoms with Crippen LogP contribution in [0.25, 0.3) is 0 Å². The third-order valence-corrected chi connectivity index (χ3v) is 2.87. The van der Waals surface area contributed by atoms with Crippen LogP contribution in [0.5, 0.6) is 0 Å². The van der Waals surface area contributed by atoms with Crippen LogP contribution < -0.4 is 5.73 Å². The predicted molar refractivity (Wildman–Crippen MR) is 64.0 cm³/mol. The average Bonchev–Trinajstić information content (AvgIpc) is 2.35. The molecule has 2 nitrogen and oxygen atoms in total. The Balaban J connectivity index is 2.92. The van der Waals surface area contributed by atoms with Gasteiger partial charge in [-0.1, -0.05) is 19.1 Å². The van der Waals surface area contributed by atoms with Gasteiger partial charge in [-0.3, -0.25) is 0 Å². The van der Waals surface area contributed by atoms with E-state index in [0.717, 1.165) is 6.92 Å². The molecule has 0 aliphatic carbocycles. The van der Waals surface area contributed by atoms with Crippen molar-refractivity contribution in [2.75, 3.05) is 0 Å². The summed E-state index contributed by atoms with van der Waals surface area (Å²) in [6.07, 6.45) is -6.85. The van der Waals surface area contributed by atoms with Gasteiger partial charge in [0.25, 0.3) is 0 Å². The Morgan fingerprint density at radius 2 is 1.74 bits per heavy atom. The van der Waals surface area contributed by atoms with E-state index in [9.17, 15) is 17.6 Å². The van der Waals surface area contributed by atoms with E-state index >= 15 is 0 Å². The zero-order valence-electron chi connectivity index (χ0n) is 10.7. The van der Waals surface area contributed by atoms with Crippen LogP contribution in [-0.2, 0) is 4.74 Å². The molecule has 0 spiro atoms. The van der Waals surface area contributed by atoms with E-state index in [1.165, 1.54) is 24.3 Å². The highest BCUT2D eigenvalue weighted by molar-refractivity contribution is 5.20. The molecule has 3 atom stereocenters. The Morgan fingerprint density at radius 3 is 2.16 bits per heavy atom. The van der Waals surface area contributed by atoms with Crippen molar-refractivity contribution in [3.8, 4) is 0 Å². The molecule has 0 saturated heterocycles. The van der Waals surface area contributed by atoms with E-state index in [1.54, 1.807) is 6.92 Å². The highest BCUT2D eigenvalue weighted by Gasteiger charge is 2.39. The van der Waals surface area contributed by atoms with Crippen molar-refractivity contribution in [3.63, 3.8) is 0 Å². The first-order chi connectivity index (χ1) is 8.75. The van der Waals surface area contributed by atoms with Gasteiger partial charge in [-0.15, -0.1) is 0 Å². The maximum absolute atomic E-state index is 12.8. The molecule has 0 aliphatic rings. The SMILES string of the molecule is CCC(N)C(OC(C)C(F)(F)F)c1ccc(F)cc1. The number of hydrogen-bond donors (Lipinski definition) is 1. The zero-order chi connectivity index (χ0) is 14.6. The van der Waals surface area contributed by atoms with Gasteiger partial charge in [0.05, 0.1) is 6.10 Å². The summed E-state index contributed by atoms with van der Waals surface area (Å²) in [5, 5.41) is 0. The fourth-order valence-corrected chi connectivity index (χ4v) is 1.59. The van der Waals surface area contributed by atoms with Crippen LogP contribution in [0.15, 0.2) is 24.3 Å². The average molecular weight is 279 g/mol. The lowest BCUT2D eigenvalue weighted by molar-refractivity contribution is -0.229. The summed E-state index contributed by atoms with van der Waals surface area (Å²) in [6, 6.07) is 4.53. The monoisotopic (exact) mass is 279 g/mol. The second-order valence-electron chi connectivity index (χ2n) is 4.36. The van der Waals surface area contributed by atoms with Crippen LogP contribution in [0, 0.1) is 5.82 Å². The summed E-state index contributed by atoms with van der Waals surface area (Å²) in [5.74, 6) is -0.462. The van der Waals surface area contributed by atoms with Crippen molar-refractivity contribution in [3.05, 3.63) is 35.6 Å². The number of hydrogen-bond acceptors (Lipinski definition) is 2. The second-order valence-corrected chi connectivity index (χ2v) is 4.36. The number of rotatable bonds is 5. The number of benzene rings is 1. The van der Waals surface area contributed by atoms with Crippen molar-refractivity contribution in [1.29, 1.82) is 0 Å². The van der Waals surface area contributed by atoms with Gasteiger partial charge >= 0.3 is 6.18 Å². The third-order valence-electron chi connectivity index (χ3n) is 2.87. The summed E-state index contributed by atoms with van der Waals surface area (Å²) < 4.78 is 55.4. The number of ether oxygens (including phenoxy) is 1. The molecule has 0 saturated carbocycles. The van der Waals surface area contributed by atoms with Gasteiger partial charge in [0, 0.05) is 6.04 Å². The van der Waals surface area contributed by atoms with Crippen LogP contribution in [0.1, 0.15) is 31.9 Å². The molecule has 0 radical (unpaired) electrons. The maximum Gasteiger partial charge on any atom is 0.414 e. The predicted octanol–water partition coefficient (Wildman–Crippen LogP) is 3.57. The Hall–Kier alpha value is -1.14. The van der Waals surface area contributed by atoms with E-state index in [1.807, 2.05) is 0 Å². The zero-order valence-corrected chi connectivity index (χ0v) is 10.7. The highest BCUT2D eigenvalue weighted by Crippen LogP contribution is 2.30. The van der Waals surface area contributed by atoms with Crippen LogP contribution in [0.3, 0.4) is 0 Å². The molecular formula is C13H17F4NO. The van der Waals surface area contributed by atoms with E-state index in [4.69, 9.17) is 10.5 Å². The van der Waals surface area contributed by atoms with E-state index < -0.39 is 30.2 Å². The van der Waals surface area contributed by atoms with Crippen molar-refractivity contribution in [2.45, 2.75) is 44.7 Å². The molecule has 1 rings (SSSR count). The molecule has 19 heavy (non-hydrogen) atoms. The van der Waals surface area contributed by atoms with E-state index in [-0.39, 0.29) is 0 Å². The molecule has 0 aromatic heterocycles. The minimum absolute atomic E-state index is 0.437. The Bertz CT molecular complexity index is 391. The minimum atomic E-state index is -4.45.